The highest BCUT2D eigenvalue weighted by atomic mass is 32.2. The zero-order valence-corrected chi connectivity index (χ0v) is 14.0. The Morgan fingerprint density at radius 3 is 2.68 bits per heavy atom. The highest BCUT2D eigenvalue weighted by molar-refractivity contribution is 8.04. The molecule has 1 aromatic heterocycles. The summed E-state index contributed by atoms with van der Waals surface area (Å²) < 4.78 is 30.9. The first-order valence-corrected chi connectivity index (χ1v) is 9.23. The van der Waals surface area contributed by atoms with Crippen molar-refractivity contribution in [3.63, 3.8) is 0 Å². The van der Waals surface area contributed by atoms with Gasteiger partial charge in [0.15, 0.2) is 0 Å². The Hall–Kier alpha value is -1.66. The minimum atomic E-state index is -4.16. The molecule has 0 bridgehead atoms. The van der Waals surface area contributed by atoms with E-state index in [0.717, 1.165) is 0 Å². The van der Waals surface area contributed by atoms with Gasteiger partial charge in [0, 0.05) is 12.7 Å². The summed E-state index contributed by atoms with van der Waals surface area (Å²) in [7, 11) is -4.16. The average molecular weight is 364 g/mol. The van der Waals surface area contributed by atoms with Crippen molar-refractivity contribution in [2.75, 3.05) is 17.7 Å². The number of allylic oxidation sites excluding steroid dienone is 1. The summed E-state index contributed by atoms with van der Waals surface area (Å²) in [6.07, 6.45) is 0. The van der Waals surface area contributed by atoms with Crippen molar-refractivity contribution in [2.45, 2.75) is 18.2 Å². The number of anilines is 1. The van der Waals surface area contributed by atoms with Crippen LogP contribution in [-0.2, 0) is 24.3 Å². The maximum absolute atomic E-state index is 12.1. The zero-order valence-electron chi connectivity index (χ0n) is 11.6. The summed E-state index contributed by atoms with van der Waals surface area (Å²) in [4.78, 5) is 23.1. The molecule has 1 aliphatic heterocycles. The van der Waals surface area contributed by atoms with Gasteiger partial charge in [0.25, 0.3) is 20.3 Å². The third-order valence-electron chi connectivity index (χ3n) is 2.32. The number of ether oxygens (including phenoxy) is 1. The third kappa shape index (κ3) is 3.96. The number of aromatic nitrogens is 2. The molecule has 1 aromatic rings. The van der Waals surface area contributed by atoms with Gasteiger partial charge in [-0.2, -0.15) is 8.42 Å². The van der Waals surface area contributed by atoms with Crippen molar-refractivity contribution in [1.82, 2.24) is 14.9 Å². The van der Waals surface area contributed by atoms with Gasteiger partial charge in [0.1, 0.15) is 10.7 Å². The van der Waals surface area contributed by atoms with Crippen LogP contribution < -0.4 is 10.0 Å². The van der Waals surface area contributed by atoms with E-state index in [0.29, 0.717) is 29.5 Å². The Labute approximate surface area is 134 Å². The highest BCUT2D eigenvalue weighted by Crippen LogP contribution is 2.26. The second kappa shape index (κ2) is 6.62. The lowest BCUT2D eigenvalue weighted by Gasteiger charge is -2.17. The molecule has 9 nitrogen and oxygen atoms in total. The van der Waals surface area contributed by atoms with Crippen molar-refractivity contribution in [1.29, 1.82) is 0 Å². The standard InChI is InChI=1S/C10H12N4O5S3/c1-5-7(20-4-3-19-5)8(16)14-22(17,18)10-13-12-9(21-10)11-6(2)15/h3-4H2,1-2H3,(H,14,16)(H,11,12,15). The lowest BCUT2D eigenvalue weighted by molar-refractivity contribution is -0.115. The van der Waals surface area contributed by atoms with E-state index >= 15 is 0 Å². The maximum Gasteiger partial charge on any atom is 0.293 e. The average Bonchev–Trinajstić information content (AvgIpc) is 2.87. The van der Waals surface area contributed by atoms with Crippen LogP contribution >= 0.6 is 23.1 Å². The smallest absolute Gasteiger partial charge is 0.293 e. The van der Waals surface area contributed by atoms with E-state index in [1.165, 1.54) is 18.7 Å². The molecular weight excluding hydrogens is 352 g/mol. The molecule has 0 atom stereocenters. The molecule has 0 spiro atoms. The van der Waals surface area contributed by atoms with Gasteiger partial charge < -0.3 is 10.1 Å². The van der Waals surface area contributed by atoms with E-state index in [2.05, 4.69) is 15.5 Å². The number of hydrogen-bond acceptors (Lipinski definition) is 9. The lowest BCUT2D eigenvalue weighted by atomic mass is 10.4. The molecule has 0 unspecified atom stereocenters. The molecule has 2 heterocycles. The predicted molar refractivity (Wildman–Crippen MR) is 80.7 cm³/mol. The number of carbonyl (C=O) groups is 2. The zero-order chi connectivity index (χ0) is 16.3. The molecule has 22 heavy (non-hydrogen) atoms. The van der Waals surface area contributed by atoms with Gasteiger partial charge in [-0.1, -0.05) is 11.3 Å². The van der Waals surface area contributed by atoms with Gasteiger partial charge in [-0.05, 0) is 6.92 Å². The molecule has 2 amide bonds. The van der Waals surface area contributed by atoms with Gasteiger partial charge in [-0.3, -0.25) is 9.59 Å². The molecular formula is C10H12N4O5S3. The minimum Gasteiger partial charge on any atom is -0.496 e. The molecule has 2 rings (SSSR count). The molecule has 1 aliphatic rings. The van der Waals surface area contributed by atoms with E-state index in [-0.39, 0.29) is 10.0 Å². The first-order chi connectivity index (χ1) is 10.3. The molecule has 0 radical (unpaired) electrons. The summed E-state index contributed by atoms with van der Waals surface area (Å²) in [6.45, 7) is 3.32. The van der Waals surface area contributed by atoms with Crippen LogP contribution in [0.3, 0.4) is 0 Å². The number of sulfonamides is 1. The molecule has 0 saturated carbocycles. The molecule has 12 heteroatoms. The molecule has 0 fully saturated rings. The third-order valence-corrected chi connectivity index (χ3v) is 5.99. The van der Waals surface area contributed by atoms with E-state index < -0.39 is 26.2 Å². The van der Waals surface area contributed by atoms with E-state index in [9.17, 15) is 18.0 Å². The monoisotopic (exact) mass is 364 g/mol. The second-order valence-electron chi connectivity index (χ2n) is 4.07. The van der Waals surface area contributed by atoms with Crippen LogP contribution in [0.25, 0.3) is 0 Å². The summed E-state index contributed by atoms with van der Waals surface area (Å²) >= 11 is 1.86. The first-order valence-electron chi connectivity index (χ1n) is 5.94. The number of rotatable bonds is 4. The molecule has 120 valence electrons. The number of thioether (sulfide) groups is 1. The quantitative estimate of drug-likeness (QED) is 0.730. The van der Waals surface area contributed by atoms with E-state index in [4.69, 9.17) is 4.74 Å². The van der Waals surface area contributed by atoms with Crippen LogP contribution in [0.5, 0.6) is 0 Å². The Balaban J connectivity index is 2.15. The Morgan fingerprint density at radius 2 is 2.05 bits per heavy atom. The van der Waals surface area contributed by atoms with Crippen LogP contribution in [0.2, 0.25) is 0 Å². The molecule has 0 aliphatic carbocycles. The Morgan fingerprint density at radius 1 is 1.32 bits per heavy atom. The van der Waals surface area contributed by atoms with Crippen molar-refractivity contribution in [2.24, 2.45) is 0 Å². The summed E-state index contributed by atoms with van der Waals surface area (Å²) in [6, 6.07) is 0. The van der Waals surface area contributed by atoms with Crippen molar-refractivity contribution in [3.8, 4) is 0 Å². The largest absolute Gasteiger partial charge is 0.496 e. The molecule has 0 saturated heterocycles. The SMILES string of the molecule is CC(=O)Nc1nnc(S(=O)(=O)NC(=O)C2=C(C)OCCS2)s1. The number of carbonyl (C=O) groups excluding carboxylic acids is 2. The predicted octanol–water partition coefficient (Wildman–Crippen LogP) is 0.296. The van der Waals surface area contributed by atoms with Gasteiger partial charge in [-0.25, -0.2) is 4.72 Å². The van der Waals surface area contributed by atoms with Crippen molar-refractivity contribution < 1.29 is 22.7 Å². The summed E-state index contributed by atoms with van der Waals surface area (Å²) in [5.41, 5.74) is 0. The topological polar surface area (TPSA) is 127 Å². The molecule has 2 N–H and O–H groups in total. The van der Waals surface area contributed by atoms with Gasteiger partial charge >= 0.3 is 0 Å². The van der Waals surface area contributed by atoms with Crippen LogP contribution in [0.1, 0.15) is 13.8 Å². The number of hydrogen-bond donors (Lipinski definition) is 2. The first kappa shape index (κ1) is 16.7. The number of nitrogens with zero attached hydrogens (tertiary/aromatic N) is 2. The number of amides is 2. The summed E-state index contributed by atoms with van der Waals surface area (Å²) in [5, 5.41) is 9.33. The Bertz CT molecular complexity index is 739. The van der Waals surface area contributed by atoms with Crippen LogP contribution in [0, 0.1) is 0 Å². The van der Waals surface area contributed by atoms with Crippen molar-refractivity contribution >= 4 is 50.1 Å². The Kier molecular flexibility index (Phi) is 5.03. The van der Waals surface area contributed by atoms with Gasteiger partial charge in [0.05, 0.1) is 6.61 Å². The highest BCUT2D eigenvalue weighted by Gasteiger charge is 2.27. The van der Waals surface area contributed by atoms with Gasteiger partial charge in [0.2, 0.25) is 11.0 Å². The minimum absolute atomic E-state index is 0.0334. The van der Waals surface area contributed by atoms with Crippen LogP contribution in [0.15, 0.2) is 15.0 Å². The van der Waals surface area contributed by atoms with Crippen molar-refractivity contribution in [3.05, 3.63) is 10.7 Å². The van der Waals surface area contributed by atoms with E-state index in [1.54, 1.807) is 6.92 Å². The van der Waals surface area contributed by atoms with Crippen LogP contribution in [-0.4, -0.2) is 42.8 Å². The van der Waals surface area contributed by atoms with Crippen LogP contribution in [0.4, 0.5) is 5.13 Å². The fourth-order valence-corrected chi connectivity index (χ4v) is 4.25. The fraction of sp³-hybridized carbons (Fsp3) is 0.400. The summed E-state index contributed by atoms with van der Waals surface area (Å²) in [5.74, 6) is -0.245. The normalized spacial score (nSPS) is 15.2. The lowest BCUT2D eigenvalue weighted by Crippen LogP contribution is -2.32. The second-order valence-corrected chi connectivity index (χ2v) is 8.01. The maximum atomic E-state index is 12.1. The number of nitrogens with one attached hydrogen (secondary N) is 2. The molecule has 0 aromatic carbocycles. The van der Waals surface area contributed by atoms with E-state index in [1.807, 2.05) is 4.72 Å². The fourth-order valence-electron chi connectivity index (χ4n) is 1.46. The van der Waals surface area contributed by atoms with Gasteiger partial charge in [-0.15, -0.1) is 22.0 Å².